The lowest BCUT2D eigenvalue weighted by atomic mass is 10.1. The van der Waals surface area contributed by atoms with E-state index in [1.54, 1.807) is 0 Å². The second-order valence-corrected chi connectivity index (χ2v) is 2.45. The topological polar surface area (TPSA) is 127 Å². The Bertz CT molecular complexity index is 415. The maximum atomic E-state index is 10.7. The van der Waals surface area contributed by atoms with Gasteiger partial charge in [0.05, 0.1) is 4.92 Å². The van der Waals surface area contributed by atoms with Crippen molar-refractivity contribution < 1.29 is 19.9 Å². The third-order valence-corrected chi connectivity index (χ3v) is 1.58. The Hall–Kier alpha value is -2.31. The third kappa shape index (κ3) is 1.42. The molecule has 7 heteroatoms. The summed E-state index contributed by atoms with van der Waals surface area (Å²) < 4.78 is 0. The van der Waals surface area contributed by atoms with Gasteiger partial charge < -0.3 is 15.9 Å². The van der Waals surface area contributed by atoms with Gasteiger partial charge in [-0.2, -0.15) is 0 Å². The average Bonchev–Trinajstić information content (AvgIpc) is 2.02. The summed E-state index contributed by atoms with van der Waals surface area (Å²) >= 11 is 0. The van der Waals surface area contributed by atoms with E-state index in [0.29, 0.717) is 0 Å². The van der Waals surface area contributed by atoms with Crippen LogP contribution in [0.25, 0.3) is 0 Å². The Kier molecular flexibility index (Phi) is 2.24. The van der Waals surface area contributed by atoms with E-state index < -0.39 is 33.6 Å². The van der Waals surface area contributed by atoms with Crippen LogP contribution in [0.5, 0.6) is 11.5 Å². The van der Waals surface area contributed by atoms with Crippen molar-refractivity contribution in [2.24, 2.45) is 5.73 Å². The summed E-state index contributed by atoms with van der Waals surface area (Å²) in [5.74, 6) is -2.66. The molecule has 0 heterocycles. The molecule has 0 aromatic heterocycles. The van der Waals surface area contributed by atoms with Crippen LogP contribution in [0.3, 0.4) is 0 Å². The highest BCUT2D eigenvalue weighted by Crippen LogP contribution is 2.34. The van der Waals surface area contributed by atoms with Crippen molar-refractivity contribution in [2.45, 2.75) is 0 Å². The smallest absolute Gasteiger partial charge is 0.311 e. The highest BCUT2D eigenvalue weighted by Gasteiger charge is 2.23. The van der Waals surface area contributed by atoms with E-state index in [1.165, 1.54) is 0 Å². The predicted molar refractivity (Wildman–Crippen MR) is 44.9 cm³/mol. The first-order chi connectivity index (χ1) is 6.45. The lowest BCUT2D eigenvalue weighted by Crippen LogP contribution is -2.12. The fourth-order valence-electron chi connectivity index (χ4n) is 0.960. The van der Waals surface area contributed by atoms with Gasteiger partial charge in [-0.05, 0) is 6.07 Å². The number of hydrogen-bond donors (Lipinski definition) is 3. The standard InChI is InChI=1S/C7H6N2O5/c8-7(12)5-4(10)2-1-3(6(5)11)9(13)14/h1-2,10-11H,(H2,8,12). The molecule has 0 aliphatic rings. The minimum atomic E-state index is -1.14. The van der Waals surface area contributed by atoms with Gasteiger partial charge in [-0.1, -0.05) is 0 Å². The van der Waals surface area contributed by atoms with Crippen LogP contribution in [-0.4, -0.2) is 21.0 Å². The van der Waals surface area contributed by atoms with Gasteiger partial charge in [0.1, 0.15) is 11.3 Å². The van der Waals surface area contributed by atoms with Gasteiger partial charge in [-0.25, -0.2) is 0 Å². The van der Waals surface area contributed by atoms with Crippen molar-refractivity contribution in [1.82, 2.24) is 0 Å². The molecule has 14 heavy (non-hydrogen) atoms. The maximum absolute atomic E-state index is 10.7. The van der Waals surface area contributed by atoms with Crippen LogP contribution in [-0.2, 0) is 0 Å². The average molecular weight is 198 g/mol. The number of nitrogens with two attached hydrogens (primary N) is 1. The van der Waals surface area contributed by atoms with Crippen molar-refractivity contribution in [3.63, 3.8) is 0 Å². The summed E-state index contributed by atoms with van der Waals surface area (Å²) in [7, 11) is 0. The normalized spacial score (nSPS) is 9.71. The fourth-order valence-corrected chi connectivity index (χ4v) is 0.960. The number of aromatic hydroxyl groups is 2. The molecule has 74 valence electrons. The molecule has 0 aliphatic carbocycles. The van der Waals surface area contributed by atoms with Crippen LogP contribution >= 0.6 is 0 Å². The lowest BCUT2D eigenvalue weighted by molar-refractivity contribution is -0.385. The van der Waals surface area contributed by atoms with Crippen molar-refractivity contribution in [3.05, 3.63) is 27.8 Å². The van der Waals surface area contributed by atoms with Gasteiger partial charge in [0, 0.05) is 6.07 Å². The van der Waals surface area contributed by atoms with Gasteiger partial charge in [0.2, 0.25) is 5.75 Å². The zero-order valence-corrected chi connectivity index (χ0v) is 6.80. The number of hydrogen-bond acceptors (Lipinski definition) is 5. The van der Waals surface area contributed by atoms with Crippen molar-refractivity contribution in [1.29, 1.82) is 0 Å². The minimum Gasteiger partial charge on any atom is -0.507 e. The van der Waals surface area contributed by atoms with E-state index in [1.807, 2.05) is 0 Å². The number of rotatable bonds is 2. The molecule has 0 radical (unpaired) electrons. The maximum Gasteiger partial charge on any atom is 0.311 e. The number of amides is 1. The van der Waals surface area contributed by atoms with Gasteiger partial charge in [-0.3, -0.25) is 14.9 Å². The summed E-state index contributed by atoms with van der Waals surface area (Å²) in [5.41, 5.74) is 3.47. The van der Waals surface area contributed by atoms with Gasteiger partial charge in [0.25, 0.3) is 5.91 Å². The molecule has 7 nitrogen and oxygen atoms in total. The van der Waals surface area contributed by atoms with Crippen molar-refractivity contribution in [2.75, 3.05) is 0 Å². The van der Waals surface area contributed by atoms with E-state index in [4.69, 9.17) is 10.8 Å². The molecule has 0 bridgehead atoms. The van der Waals surface area contributed by atoms with Crippen LogP contribution in [0.15, 0.2) is 12.1 Å². The Morgan fingerprint density at radius 1 is 1.43 bits per heavy atom. The van der Waals surface area contributed by atoms with Crippen LogP contribution in [0.1, 0.15) is 10.4 Å². The Labute approximate surface area is 77.5 Å². The highest BCUT2D eigenvalue weighted by atomic mass is 16.6. The van der Waals surface area contributed by atoms with Crippen molar-refractivity contribution in [3.8, 4) is 11.5 Å². The van der Waals surface area contributed by atoms with E-state index >= 15 is 0 Å². The summed E-state index contributed by atoms with van der Waals surface area (Å²) in [6.45, 7) is 0. The van der Waals surface area contributed by atoms with Gasteiger partial charge in [0.15, 0.2) is 0 Å². The SMILES string of the molecule is NC(=O)c1c(O)ccc([N+](=O)[O-])c1O. The van der Waals surface area contributed by atoms with Crippen molar-refractivity contribution >= 4 is 11.6 Å². The highest BCUT2D eigenvalue weighted by molar-refractivity contribution is 5.99. The molecule has 1 rings (SSSR count). The molecule has 1 amide bonds. The molecule has 1 aromatic rings. The monoisotopic (exact) mass is 198 g/mol. The lowest BCUT2D eigenvalue weighted by Gasteiger charge is -2.02. The molecule has 0 saturated carbocycles. The number of phenols is 2. The molecule has 0 atom stereocenters. The molecular weight excluding hydrogens is 192 g/mol. The molecular formula is C7H6N2O5. The Morgan fingerprint density at radius 2 is 2.00 bits per heavy atom. The summed E-state index contributed by atoms with van der Waals surface area (Å²) in [4.78, 5) is 20.1. The molecule has 0 saturated heterocycles. The second-order valence-electron chi connectivity index (χ2n) is 2.45. The second kappa shape index (κ2) is 3.21. The first-order valence-corrected chi connectivity index (χ1v) is 3.44. The number of carbonyl (C=O) groups is 1. The van der Waals surface area contributed by atoms with Crippen LogP contribution in [0.4, 0.5) is 5.69 Å². The molecule has 1 aromatic carbocycles. The van der Waals surface area contributed by atoms with E-state index in [2.05, 4.69) is 0 Å². The number of nitrogens with zero attached hydrogens (tertiary/aromatic N) is 1. The number of benzene rings is 1. The van der Waals surface area contributed by atoms with Crippen LogP contribution < -0.4 is 5.73 Å². The summed E-state index contributed by atoms with van der Waals surface area (Å²) in [6, 6.07) is 1.79. The number of nitro groups is 1. The summed E-state index contributed by atoms with van der Waals surface area (Å²) in [5, 5.41) is 28.6. The Balaban J connectivity index is 3.49. The fraction of sp³-hybridized carbons (Fsp3) is 0. The van der Waals surface area contributed by atoms with Crippen LogP contribution in [0, 0.1) is 10.1 Å². The first kappa shape index (κ1) is 9.78. The zero-order chi connectivity index (χ0) is 10.9. The molecule has 0 spiro atoms. The van der Waals surface area contributed by atoms with E-state index in [-0.39, 0.29) is 0 Å². The largest absolute Gasteiger partial charge is 0.507 e. The quantitative estimate of drug-likeness (QED) is 0.458. The Morgan fingerprint density at radius 3 is 2.43 bits per heavy atom. The first-order valence-electron chi connectivity index (χ1n) is 3.44. The van der Waals surface area contributed by atoms with E-state index in [0.717, 1.165) is 12.1 Å². The molecule has 0 unspecified atom stereocenters. The van der Waals surface area contributed by atoms with Crippen LogP contribution in [0.2, 0.25) is 0 Å². The molecule has 0 fully saturated rings. The predicted octanol–water partition coefficient (Wildman–Crippen LogP) is 0.105. The zero-order valence-electron chi connectivity index (χ0n) is 6.80. The molecule has 0 aliphatic heterocycles. The third-order valence-electron chi connectivity index (χ3n) is 1.58. The van der Waals surface area contributed by atoms with Gasteiger partial charge in [-0.15, -0.1) is 0 Å². The number of primary amides is 1. The minimum absolute atomic E-state index is 0.597. The number of carbonyl (C=O) groups excluding carboxylic acids is 1. The number of nitro benzene ring substituents is 1. The molecule has 4 N–H and O–H groups in total. The van der Waals surface area contributed by atoms with E-state index in [9.17, 15) is 20.0 Å². The van der Waals surface area contributed by atoms with Gasteiger partial charge >= 0.3 is 5.69 Å². The summed E-state index contributed by atoms with van der Waals surface area (Å²) in [6.07, 6.45) is 0.